The minimum Gasteiger partial charge on any atom is -0.462 e. The summed E-state index contributed by atoms with van der Waals surface area (Å²) in [4.78, 5) is 10.1. The Hall–Kier alpha value is -1.84. The Balaban J connectivity index is 1.72. The van der Waals surface area contributed by atoms with Crippen LogP contribution in [0.15, 0.2) is 6.20 Å². The molecule has 1 saturated heterocycles. The van der Waals surface area contributed by atoms with Crippen LogP contribution in [0.2, 0.25) is 0 Å². The lowest BCUT2D eigenvalue weighted by Crippen LogP contribution is -2.60. The molecule has 1 aliphatic carbocycles. The number of nitrogens with one attached hydrogen (secondary N) is 1. The molecule has 0 amide bonds. The minimum absolute atomic E-state index is 0.0194. The van der Waals surface area contributed by atoms with E-state index >= 15 is 0 Å². The van der Waals surface area contributed by atoms with Crippen LogP contribution >= 0.6 is 0 Å². The Labute approximate surface area is 117 Å². The molecule has 2 heterocycles. The van der Waals surface area contributed by atoms with Crippen LogP contribution in [-0.2, 0) is 0 Å². The van der Waals surface area contributed by atoms with Crippen LogP contribution in [0.1, 0.15) is 18.9 Å². The number of nitrogens with zero attached hydrogens (tertiary/aromatic N) is 3. The van der Waals surface area contributed by atoms with E-state index in [0.717, 1.165) is 32.1 Å². The summed E-state index contributed by atoms with van der Waals surface area (Å²) in [5.74, 6) is -0.579. The molecule has 10 heteroatoms. The number of hydrogen-bond donors (Lipinski definition) is 1. The lowest BCUT2D eigenvalue weighted by Gasteiger charge is -2.54. The van der Waals surface area contributed by atoms with Crippen molar-refractivity contribution >= 4 is 5.69 Å². The predicted molar refractivity (Wildman–Crippen MR) is 64.0 cm³/mol. The van der Waals surface area contributed by atoms with Gasteiger partial charge < -0.3 is 10.1 Å². The molecule has 2 fully saturated rings. The van der Waals surface area contributed by atoms with Crippen molar-refractivity contribution < 1.29 is 22.8 Å². The standard InChI is InChI=1S/C11H13F3N4O3/c12-11(13,14)6-21-9-8(18(19)20)3-17(16-9)7-1-10(2-7)4-15-5-10/h3,7,15H,1-2,4-6H2. The average Bonchev–Trinajstić information content (AvgIpc) is 2.65. The largest absolute Gasteiger partial charge is 0.462 e. The zero-order valence-electron chi connectivity index (χ0n) is 10.9. The molecule has 0 radical (unpaired) electrons. The van der Waals surface area contributed by atoms with Crippen molar-refractivity contribution in [3.05, 3.63) is 16.3 Å². The summed E-state index contributed by atoms with van der Waals surface area (Å²) in [6, 6.07) is -0.0194. The summed E-state index contributed by atoms with van der Waals surface area (Å²) in [6.45, 7) is 0.220. The molecule has 0 atom stereocenters. The summed E-state index contributed by atoms with van der Waals surface area (Å²) in [5, 5.41) is 17.8. The smallest absolute Gasteiger partial charge is 0.422 e. The van der Waals surface area contributed by atoms with E-state index in [9.17, 15) is 23.3 Å². The molecule has 3 rings (SSSR count). The van der Waals surface area contributed by atoms with E-state index in [2.05, 4.69) is 15.2 Å². The van der Waals surface area contributed by atoms with Crippen molar-refractivity contribution in [2.75, 3.05) is 19.7 Å². The zero-order chi connectivity index (χ0) is 15.3. The van der Waals surface area contributed by atoms with Gasteiger partial charge in [-0.05, 0) is 18.3 Å². The maximum absolute atomic E-state index is 12.1. The van der Waals surface area contributed by atoms with Gasteiger partial charge in [0, 0.05) is 13.1 Å². The maximum atomic E-state index is 12.1. The number of rotatable bonds is 4. The molecular formula is C11H13F3N4O3. The first-order valence-corrected chi connectivity index (χ1v) is 6.42. The molecule has 1 N–H and O–H groups in total. The fourth-order valence-corrected chi connectivity index (χ4v) is 2.82. The van der Waals surface area contributed by atoms with Gasteiger partial charge in [-0.1, -0.05) is 0 Å². The van der Waals surface area contributed by atoms with E-state index in [1.54, 1.807) is 0 Å². The monoisotopic (exact) mass is 306 g/mol. The van der Waals surface area contributed by atoms with Gasteiger partial charge in [0.25, 0.3) is 0 Å². The van der Waals surface area contributed by atoms with Crippen LogP contribution < -0.4 is 10.1 Å². The van der Waals surface area contributed by atoms with Gasteiger partial charge in [-0.2, -0.15) is 13.2 Å². The molecule has 1 aliphatic heterocycles. The Morgan fingerprint density at radius 3 is 2.67 bits per heavy atom. The third kappa shape index (κ3) is 2.67. The molecule has 1 aromatic heterocycles. The highest BCUT2D eigenvalue weighted by molar-refractivity contribution is 5.38. The van der Waals surface area contributed by atoms with Gasteiger partial charge in [0.05, 0.1) is 11.0 Å². The van der Waals surface area contributed by atoms with Gasteiger partial charge in [-0.15, -0.1) is 5.10 Å². The molecular weight excluding hydrogens is 293 g/mol. The first-order valence-electron chi connectivity index (χ1n) is 6.42. The first-order chi connectivity index (χ1) is 9.78. The van der Waals surface area contributed by atoms with Gasteiger partial charge in [-0.3, -0.25) is 14.8 Å². The Morgan fingerprint density at radius 1 is 1.52 bits per heavy atom. The lowest BCUT2D eigenvalue weighted by molar-refractivity contribution is -0.386. The quantitative estimate of drug-likeness (QED) is 0.675. The number of hydrogen-bond acceptors (Lipinski definition) is 5. The van der Waals surface area contributed by atoms with Crippen molar-refractivity contribution in [2.45, 2.75) is 25.1 Å². The van der Waals surface area contributed by atoms with Crippen LogP contribution in [0.25, 0.3) is 0 Å². The Bertz CT molecular complexity index is 560. The van der Waals surface area contributed by atoms with Gasteiger partial charge in [-0.25, -0.2) is 0 Å². The van der Waals surface area contributed by atoms with Crippen LogP contribution in [0.5, 0.6) is 5.88 Å². The van der Waals surface area contributed by atoms with E-state index in [-0.39, 0.29) is 11.5 Å². The number of aromatic nitrogens is 2. The van der Waals surface area contributed by atoms with E-state index in [1.165, 1.54) is 4.68 Å². The summed E-state index contributed by atoms with van der Waals surface area (Å²) < 4.78 is 42.2. The number of halogens is 3. The summed E-state index contributed by atoms with van der Waals surface area (Å²) >= 11 is 0. The van der Waals surface area contributed by atoms with Gasteiger partial charge >= 0.3 is 17.7 Å². The molecule has 0 unspecified atom stereocenters. The van der Waals surface area contributed by atoms with Gasteiger partial charge in [0.1, 0.15) is 6.20 Å². The Morgan fingerprint density at radius 2 is 2.19 bits per heavy atom. The number of ether oxygens (including phenoxy) is 1. The average molecular weight is 306 g/mol. The summed E-state index contributed by atoms with van der Waals surface area (Å²) in [6.07, 6.45) is -1.78. The Kier molecular flexibility index (Phi) is 3.08. The van der Waals surface area contributed by atoms with Crippen molar-refractivity contribution in [2.24, 2.45) is 5.41 Å². The van der Waals surface area contributed by atoms with Gasteiger partial charge in [0.2, 0.25) is 0 Å². The molecule has 116 valence electrons. The van der Waals surface area contributed by atoms with E-state index in [0.29, 0.717) is 0 Å². The van der Waals surface area contributed by atoms with E-state index in [4.69, 9.17) is 0 Å². The highest BCUT2D eigenvalue weighted by Gasteiger charge is 2.50. The van der Waals surface area contributed by atoms with Crippen LogP contribution in [0.4, 0.5) is 18.9 Å². The van der Waals surface area contributed by atoms with Crippen molar-refractivity contribution in [3.63, 3.8) is 0 Å². The molecule has 1 aromatic rings. The molecule has 2 aliphatic rings. The highest BCUT2D eigenvalue weighted by atomic mass is 19.4. The van der Waals surface area contributed by atoms with Gasteiger partial charge in [0.15, 0.2) is 6.61 Å². The second-order valence-corrected chi connectivity index (χ2v) is 5.63. The molecule has 0 aromatic carbocycles. The third-order valence-electron chi connectivity index (χ3n) is 3.96. The minimum atomic E-state index is -4.56. The fraction of sp³-hybridized carbons (Fsp3) is 0.727. The zero-order valence-corrected chi connectivity index (χ0v) is 10.9. The second-order valence-electron chi connectivity index (χ2n) is 5.63. The van der Waals surface area contributed by atoms with E-state index < -0.39 is 29.3 Å². The first kappa shape index (κ1) is 14.1. The van der Waals surface area contributed by atoms with Crippen LogP contribution in [-0.4, -0.2) is 40.6 Å². The van der Waals surface area contributed by atoms with Crippen molar-refractivity contribution in [1.82, 2.24) is 15.1 Å². The van der Waals surface area contributed by atoms with Crippen molar-refractivity contribution in [1.29, 1.82) is 0 Å². The molecule has 21 heavy (non-hydrogen) atoms. The SMILES string of the molecule is O=[N+]([O-])c1cn(C2CC3(CNC3)C2)nc1OCC(F)(F)F. The number of alkyl halides is 3. The summed E-state index contributed by atoms with van der Waals surface area (Å²) in [7, 11) is 0. The summed E-state index contributed by atoms with van der Waals surface area (Å²) in [5.41, 5.74) is -0.301. The van der Waals surface area contributed by atoms with Crippen LogP contribution in [0.3, 0.4) is 0 Å². The lowest BCUT2D eigenvalue weighted by atomic mass is 9.62. The molecule has 7 nitrogen and oxygen atoms in total. The molecule has 1 spiro atoms. The second kappa shape index (κ2) is 4.58. The maximum Gasteiger partial charge on any atom is 0.422 e. The normalized spacial score (nSPS) is 20.9. The highest BCUT2D eigenvalue weighted by Crippen LogP contribution is 2.51. The fourth-order valence-electron chi connectivity index (χ4n) is 2.82. The van der Waals surface area contributed by atoms with Crippen molar-refractivity contribution in [3.8, 4) is 5.88 Å². The topological polar surface area (TPSA) is 82.2 Å². The molecule has 1 saturated carbocycles. The van der Waals surface area contributed by atoms with E-state index in [1.807, 2.05) is 0 Å². The predicted octanol–water partition coefficient (Wildman–Crippen LogP) is 1.66. The third-order valence-corrected chi connectivity index (χ3v) is 3.96. The van der Waals surface area contributed by atoms with Crippen LogP contribution in [0, 0.1) is 15.5 Å². The number of nitro groups is 1. The molecule has 0 bridgehead atoms.